The number of carbonyl (C=O) groups is 3. The molecule has 3 saturated carbocycles. The molecule has 4 N–H and O–H groups in total. The van der Waals surface area contributed by atoms with Crippen LogP contribution in [0.25, 0.3) is 0 Å². The number of quaternary nitrogens is 1. The summed E-state index contributed by atoms with van der Waals surface area (Å²) in [5.41, 5.74) is 0.981. The number of ether oxygens (including phenoxy) is 1. The molecular weight excluding hydrogens is 597 g/mol. The Morgan fingerprint density at radius 2 is 2.00 bits per heavy atom. The van der Waals surface area contributed by atoms with Crippen LogP contribution in [-0.2, 0) is 14.3 Å². The lowest BCUT2D eigenvalue weighted by Crippen LogP contribution is -2.76. The first-order valence-electron chi connectivity index (χ1n) is 15.4. The number of allylic oxidation sites excluding steroid dienone is 3. The van der Waals surface area contributed by atoms with E-state index in [1.807, 2.05) is 12.2 Å². The summed E-state index contributed by atoms with van der Waals surface area (Å²) in [6.45, 7) is 5.56. The highest BCUT2D eigenvalue weighted by Crippen LogP contribution is 2.69. The molecule has 6 rings (SSSR count). The molecule has 3 fully saturated rings. The van der Waals surface area contributed by atoms with E-state index in [9.17, 15) is 23.9 Å². The maximum Gasteiger partial charge on any atom is 0.361 e. The van der Waals surface area contributed by atoms with E-state index in [-0.39, 0.29) is 52.3 Å². The third-order valence-corrected chi connectivity index (χ3v) is 12.2. The molecule has 0 spiro atoms. The number of thioether (sulfide) groups is 1. The van der Waals surface area contributed by atoms with Crippen LogP contribution in [0.2, 0.25) is 0 Å². The van der Waals surface area contributed by atoms with Crippen molar-refractivity contribution in [2.75, 3.05) is 5.75 Å². The van der Waals surface area contributed by atoms with Gasteiger partial charge in [-0.15, -0.1) is 0 Å². The van der Waals surface area contributed by atoms with Crippen LogP contribution >= 0.6 is 11.8 Å². The Morgan fingerprint density at radius 1 is 1.24 bits per heavy atom. The fourth-order valence-corrected chi connectivity index (χ4v) is 10.0. The number of hydrogen-bond acceptors (Lipinski definition) is 9. The monoisotopic (exact) mass is 636 g/mol. The lowest BCUT2D eigenvalue weighted by Gasteiger charge is -2.60. The van der Waals surface area contributed by atoms with Gasteiger partial charge in [0, 0.05) is 29.3 Å². The number of halogens is 1. The summed E-state index contributed by atoms with van der Waals surface area (Å²) < 4.78 is 24.7. The highest BCUT2D eigenvalue weighted by atomic mass is 32.2. The minimum absolute atomic E-state index is 0.0177. The van der Waals surface area contributed by atoms with Crippen LogP contribution in [-0.4, -0.2) is 50.6 Å². The number of aromatic nitrogens is 1. The lowest BCUT2D eigenvalue weighted by atomic mass is 9.45. The number of oxazole rings is 1. The normalized spacial score (nSPS) is 33.8. The highest BCUT2D eigenvalue weighted by Gasteiger charge is 2.71. The number of esters is 1. The van der Waals surface area contributed by atoms with Gasteiger partial charge in [-0.2, -0.15) is 0 Å². The summed E-state index contributed by atoms with van der Waals surface area (Å²) in [7, 11) is 0. The summed E-state index contributed by atoms with van der Waals surface area (Å²) in [5, 5.41) is 21.9. The quantitative estimate of drug-likeness (QED) is 0.211. The molecule has 9 nitrogen and oxygen atoms in total. The van der Waals surface area contributed by atoms with Crippen molar-refractivity contribution in [1.82, 2.24) is 4.98 Å². The van der Waals surface area contributed by atoms with Gasteiger partial charge in [0.2, 0.25) is 5.12 Å². The zero-order chi connectivity index (χ0) is 32.1. The second-order valence-corrected chi connectivity index (χ2v) is 14.5. The van der Waals surface area contributed by atoms with Crippen LogP contribution in [0.1, 0.15) is 69.8 Å². The molecule has 1 aromatic heterocycles. The number of rotatable bonds is 8. The standard InChI is InChI=1S/C34H38FN3O6S/c1-19(39)17-45-31(42)34(44-30(41)27-16-43-18-37-27)11-10-25-24-9-4-21-12-26(38-23-7-5-22(35)6-8-23)20(15-36)13-32(21,2)29(24)28(40)14-33(25,34)3/h5-8,12,15-16,18,24-25,28-29,36,38,40H,4,9-11,13-14,17H2,1-3H3/p+1/t24-,25?,28-,29?,32-,33-,34-/m0/s1. The molecular formula is C34H39FN3O6S+. The number of hydrogen-bond donors (Lipinski definition) is 3. The number of fused-ring (bicyclic) bond motifs is 5. The van der Waals surface area contributed by atoms with E-state index in [0.29, 0.717) is 19.3 Å². The second kappa shape index (κ2) is 11.7. The van der Waals surface area contributed by atoms with E-state index in [4.69, 9.17) is 14.6 Å². The van der Waals surface area contributed by atoms with Gasteiger partial charge in [0.25, 0.3) is 0 Å². The molecule has 0 bridgehead atoms. The molecule has 0 amide bonds. The van der Waals surface area contributed by atoms with E-state index in [1.54, 1.807) is 12.1 Å². The third kappa shape index (κ3) is 5.22. The Kier molecular flexibility index (Phi) is 8.24. The number of benzene rings is 1. The predicted molar refractivity (Wildman–Crippen MR) is 165 cm³/mol. The number of nitrogens with two attached hydrogens (primary N) is 1. The van der Waals surface area contributed by atoms with Gasteiger partial charge in [-0.25, -0.2) is 14.2 Å². The summed E-state index contributed by atoms with van der Waals surface area (Å²) in [6, 6.07) is 6.28. The number of nitrogens with one attached hydrogen (secondary N) is 1. The van der Waals surface area contributed by atoms with Crippen molar-refractivity contribution in [3.8, 4) is 0 Å². The summed E-state index contributed by atoms with van der Waals surface area (Å²) >= 11 is 0.871. The van der Waals surface area contributed by atoms with E-state index in [1.165, 1.54) is 37.1 Å². The maximum atomic E-state index is 14.0. The van der Waals surface area contributed by atoms with Crippen molar-refractivity contribution in [3.05, 3.63) is 71.4 Å². The van der Waals surface area contributed by atoms with Crippen molar-refractivity contribution >= 4 is 40.5 Å². The Labute approximate surface area is 265 Å². The Hall–Kier alpha value is -3.41. The molecule has 1 aromatic carbocycles. The summed E-state index contributed by atoms with van der Waals surface area (Å²) in [5.74, 6) is -1.35. The molecule has 0 aliphatic heterocycles. The molecule has 11 heteroatoms. The van der Waals surface area contributed by atoms with Crippen LogP contribution in [0.5, 0.6) is 0 Å². The smallest absolute Gasteiger partial charge is 0.361 e. The molecule has 4 aliphatic carbocycles. The molecule has 238 valence electrons. The summed E-state index contributed by atoms with van der Waals surface area (Å²) in [4.78, 5) is 43.1. The number of aliphatic hydroxyl groups excluding tert-OH is 1. The first-order valence-corrected chi connectivity index (χ1v) is 16.4. The van der Waals surface area contributed by atoms with Gasteiger partial charge < -0.3 is 19.7 Å². The van der Waals surface area contributed by atoms with Crippen LogP contribution in [0.4, 0.5) is 10.1 Å². The zero-order valence-corrected chi connectivity index (χ0v) is 26.5. The van der Waals surface area contributed by atoms with Crippen LogP contribution < -0.4 is 5.32 Å². The Morgan fingerprint density at radius 3 is 2.67 bits per heavy atom. The van der Waals surface area contributed by atoms with Gasteiger partial charge >= 0.3 is 5.97 Å². The van der Waals surface area contributed by atoms with Crippen molar-refractivity contribution in [3.63, 3.8) is 0 Å². The van der Waals surface area contributed by atoms with E-state index in [0.717, 1.165) is 48.0 Å². The molecule has 45 heavy (non-hydrogen) atoms. The van der Waals surface area contributed by atoms with Crippen molar-refractivity contribution in [1.29, 1.82) is 5.41 Å². The van der Waals surface area contributed by atoms with Gasteiger partial charge in [-0.3, -0.25) is 14.9 Å². The molecule has 0 saturated heterocycles. The SMILES string of the molecule is CC(=O)CSC(=O)[C@@]1(OC(=O)c2cocn2)CCC2[C@@H]3CCC4=CC([NH2+]c5ccc(F)cc5)=C(C=N)C[C@]4(C)C3[C@@H](O)C[C@@]21C. The molecule has 2 aromatic rings. The second-order valence-electron chi connectivity index (χ2n) is 13.5. The molecule has 0 radical (unpaired) electrons. The number of aliphatic hydroxyl groups is 1. The third-order valence-electron chi connectivity index (χ3n) is 11.1. The average molecular weight is 637 g/mol. The number of carbonyl (C=O) groups excluding carboxylic acids is 3. The average Bonchev–Trinajstić information content (AvgIpc) is 3.64. The fraction of sp³-hybridized carbons (Fsp3) is 0.500. The van der Waals surface area contributed by atoms with E-state index < -0.39 is 28.5 Å². The van der Waals surface area contributed by atoms with Crippen LogP contribution in [0.15, 0.2) is 64.3 Å². The fourth-order valence-electron chi connectivity index (χ4n) is 9.07. The first kappa shape index (κ1) is 31.6. The number of nitrogens with zero attached hydrogens (tertiary/aromatic N) is 1. The molecule has 7 atom stereocenters. The topological polar surface area (TPSA) is 147 Å². The van der Waals surface area contributed by atoms with Crippen LogP contribution in [0.3, 0.4) is 0 Å². The maximum absolute atomic E-state index is 14.0. The van der Waals surface area contributed by atoms with Crippen molar-refractivity contribution in [2.24, 2.45) is 28.6 Å². The van der Waals surface area contributed by atoms with Gasteiger partial charge in [-0.05, 0) is 86.8 Å². The largest absolute Gasteiger partial charge is 0.451 e. The molecule has 1 heterocycles. The van der Waals surface area contributed by atoms with Gasteiger partial charge in [0.15, 0.2) is 17.7 Å². The predicted octanol–water partition coefficient (Wildman–Crippen LogP) is 4.90. The van der Waals surface area contributed by atoms with Gasteiger partial charge in [0.1, 0.15) is 29.2 Å². The molecule has 2 unspecified atom stereocenters. The summed E-state index contributed by atoms with van der Waals surface area (Å²) in [6.07, 6.45) is 8.38. The highest BCUT2D eigenvalue weighted by molar-refractivity contribution is 8.14. The van der Waals surface area contributed by atoms with Crippen molar-refractivity contribution in [2.45, 2.75) is 71.0 Å². The number of ketones is 1. The minimum Gasteiger partial charge on any atom is -0.451 e. The van der Waals surface area contributed by atoms with Gasteiger partial charge in [-0.1, -0.05) is 31.2 Å². The minimum atomic E-state index is -1.54. The Balaban J connectivity index is 1.32. The lowest BCUT2D eigenvalue weighted by molar-refractivity contribution is -0.513. The first-order chi connectivity index (χ1) is 21.4. The Bertz CT molecular complexity index is 1590. The van der Waals surface area contributed by atoms with Crippen LogP contribution in [0, 0.1) is 39.8 Å². The van der Waals surface area contributed by atoms with E-state index in [2.05, 4.69) is 18.0 Å². The zero-order valence-electron chi connectivity index (χ0n) is 25.7. The van der Waals surface area contributed by atoms with E-state index >= 15 is 0 Å². The van der Waals surface area contributed by atoms with Gasteiger partial charge in [0.05, 0.1) is 11.9 Å². The molecule has 4 aliphatic rings. The van der Waals surface area contributed by atoms with Crippen molar-refractivity contribution < 1.29 is 38.4 Å². The number of Topliss-reactive ketones (excluding diaryl/α,β-unsaturated/α-hetero) is 1.